The molecule has 2 heterocycles. The number of ketones is 1. The molecule has 1 aromatic carbocycles. The summed E-state index contributed by atoms with van der Waals surface area (Å²) >= 11 is 0. The number of rotatable bonds is 3. The third-order valence-electron chi connectivity index (χ3n) is 4.00. The van der Waals surface area contributed by atoms with Gasteiger partial charge < -0.3 is 10.4 Å². The SMILES string of the molecule is O=C(Cc1cccc(O)c1)C1CC2CCC1N2. The van der Waals surface area contributed by atoms with Crippen LogP contribution in [0.25, 0.3) is 0 Å². The van der Waals surface area contributed by atoms with Crippen LogP contribution < -0.4 is 5.32 Å². The normalized spacial score (nSPS) is 30.7. The van der Waals surface area contributed by atoms with E-state index in [1.807, 2.05) is 6.07 Å². The van der Waals surface area contributed by atoms with Gasteiger partial charge in [0.25, 0.3) is 0 Å². The molecule has 2 saturated heterocycles. The number of phenols is 1. The first-order valence-corrected chi connectivity index (χ1v) is 6.29. The van der Waals surface area contributed by atoms with Crippen molar-refractivity contribution >= 4 is 5.78 Å². The minimum atomic E-state index is 0.191. The van der Waals surface area contributed by atoms with Crippen LogP contribution in [-0.2, 0) is 11.2 Å². The van der Waals surface area contributed by atoms with Crippen LogP contribution in [0.15, 0.2) is 24.3 Å². The van der Waals surface area contributed by atoms with Gasteiger partial charge in [0.15, 0.2) is 0 Å². The van der Waals surface area contributed by atoms with Crippen molar-refractivity contribution in [3.05, 3.63) is 29.8 Å². The number of aromatic hydroxyl groups is 1. The Hall–Kier alpha value is -1.35. The molecule has 3 nitrogen and oxygen atoms in total. The molecule has 90 valence electrons. The van der Waals surface area contributed by atoms with E-state index in [0.29, 0.717) is 24.3 Å². The molecule has 0 saturated carbocycles. The van der Waals surface area contributed by atoms with Crippen LogP contribution in [0.5, 0.6) is 5.75 Å². The summed E-state index contributed by atoms with van der Waals surface area (Å²) < 4.78 is 0. The first kappa shape index (κ1) is 10.8. The highest BCUT2D eigenvalue weighted by molar-refractivity contribution is 5.84. The van der Waals surface area contributed by atoms with E-state index in [4.69, 9.17) is 0 Å². The van der Waals surface area contributed by atoms with Crippen molar-refractivity contribution in [1.82, 2.24) is 5.32 Å². The molecule has 0 spiro atoms. The standard InChI is InChI=1S/C14H17NO2/c16-11-3-1-2-9(6-11)7-14(17)12-8-10-4-5-13(12)15-10/h1-3,6,10,12-13,15-16H,4-5,7-8H2. The first-order valence-electron chi connectivity index (χ1n) is 6.29. The largest absolute Gasteiger partial charge is 0.508 e. The molecular formula is C14H17NO2. The van der Waals surface area contributed by atoms with Crippen LogP contribution in [-0.4, -0.2) is 23.0 Å². The van der Waals surface area contributed by atoms with Gasteiger partial charge in [-0.2, -0.15) is 0 Å². The van der Waals surface area contributed by atoms with Gasteiger partial charge in [-0.3, -0.25) is 4.79 Å². The Morgan fingerprint density at radius 1 is 1.41 bits per heavy atom. The molecule has 2 aliphatic heterocycles. The van der Waals surface area contributed by atoms with Crippen LogP contribution >= 0.6 is 0 Å². The Kier molecular flexibility index (Phi) is 2.63. The van der Waals surface area contributed by atoms with Gasteiger partial charge in [0, 0.05) is 24.4 Å². The second kappa shape index (κ2) is 4.15. The highest BCUT2D eigenvalue weighted by Gasteiger charge is 2.42. The lowest BCUT2D eigenvalue weighted by atomic mass is 9.84. The average Bonchev–Trinajstić information content (AvgIpc) is 2.90. The lowest BCUT2D eigenvalue weighted by Crippen LogP contribution is -2.29. The number of phenolic OH excluding ortho intramolecular Hbond substituents is 1. The number of benzene rings is 1. The zero-order valence-electron chi connectivity index (χ0n) is 9.73. The molecule has 3 atom stereocenters. The van der Waals surface area contributed by atoms with E-state index in [-0.39, 0.29) is 11.7 Å². The van der Waals surface area contributed by atoms with E-state index in [1.165, 1.54) is 6.42 Å². The quantitative estimate of drug-likeness (QED) is 0.831. The Morgan fingerprint density at radius 2 is 2.29 bits per heavy atom. The van der Waals surface area contributed by atoms with Crippen molar-refractivity contribution in [2.24, 2.45) is 5.92 Å². The Labute approximate surface area is 101 Å². The molecule has 0 radical (unpaired) electrons. The van der Waals surface area contributed by atoms with E-state index in [0.717, 1.165) is 18.4 Å². The monoisotopic (exact) mass is 231 g/mol. The topological polar surface area (TPSA) is 49.3 Å². The lowest BCUT2D eigenvalue weighted by molar-refractivity contribution is -0.122. The van der Waals surface area contributed by atoms with Gasteiger partial charge in [0.05, 0.1) is 0 Å². The van der Waals surface area contributed by atoms with Crippen molar-refractivity contribution < 1.29 is 9.90 Å². The third-order valence-corrected chi connectivity index (χ3v) is 4.00. The minimum Gasteiger partial charge on any atom is -0.508 e. The zero-order valence-corrected chi connectivity index (χ0v) is 9.73. The van der Waals surface area contributed by atoms with Gasteiger partial charge >= 0.3 is 0 Å². The molecular weight excluding hydrogens is 214 g/mol. The van der Waals surface area contributed by atoms with E-state index in [9.17, 15) is 9.90 Å². The lowest BCUT2D eigenvalue weighted by Gasteiger charge is -2.18. The third kappa shape index (κ3) is 2.07. The van der Waals surface area contributed by atoms with Crippen LogP contribution in [0.3, 0.4) is 0 Å². The maximum atomic E-state index is 12.2. The van der Waals surface area contributed by atoms with Crippen LogP contribution in [0.2, 0.25) is 0 Å². The van der Waals surface area contributed by atoms with Crippen LogP contribution in [0.4, 0.5) is 0 Å². The van der Waals surface area contributed by atoms with Crippen LogP contribution in [0, 0.1) is 5.92 Å². The van der Waals surface area contributed by atoms with Gasteiger partial charge in [-0.25, -0.2) is 0 Å². The summed E-state index contributed by atoms with van der Waals surface area (Å²) in [4.78, 5) is 12.2. The Morgan fingerprint density at radius 3 is 2.94 bits per heavy atom. The number of Topliss-reactive ketones (excluding diaryl/α,β-unsaturated/α-hetero) is 1. The fourth-order valence-corrected chi connectivity index (χ4v) is 3.18. The number of nitrogens with one attached hydrogen (secondary N) is 1. The Bertz CT molecular complexity index is 444. The molecule has 3 heteroatoms. The molecule has 2 fully saturated rings. The number of hydrogen-bond donors (Lipinski definition) is 2. The summed E-state index contributed by atoms with van der Waals surface area (Å²) in [5.74, 6) is 0.743. The molecule has 3 rings (SSSR count). The number of carbonyl (C=O) groups excluding carboxylic acids is 1. The molecule has 2 N–H and O–H groups in total. The zero-order chi connectivity index (χ0) is 11.8. The average molecular weight is 231 g/mol. The fraction of sp³-hybridized carbons (Fsp3) is 0.500. The van der Waals surface area contributed by atoms with Crippen molar-refractivity contribution in [3.8, 4) is 5.75 Å². The molecule has 1 aromatic rings. The predicted molar refractivity (Wildman–Crippen MR) is 64.9 cm³/mol. The van der Waals surface area contributed by atoms with Crippen molar-refractivity contribution in [3.63, 3.8) is 0 Å². The maximum Gasteiger partial charge on any atom is 0.141 e. The summed E-state index contributed by atoms with van der Waals surface area (Å²) in [6.45, 7) is 0. The van der Waals surface area contributed by atoms with E-state index < -0.39 is 0 Å². The summed E-state index contributed by atoms with van der Waals surface area (Å²) in [5.41, 5.74) is 0.915. The van der Waals surface area contributed by atoms with Crippen LogP contribution in [0.1, 0.15) is 24.8 Å². The second-order valence-corrected chi connectivity index (χ2v) is 5.20. The first-order chi connectivity index (χ1) is 8.22. The predicted octanol–water partition coefficient (Wildman–Crippen LogP) is 1.64. The summed E-state index contributed by atoms with van der Waals surface area (Å²) in [7, 11) is 0. The van der Waals surface area contributed by atoms with Gasteiger partial charge in [-0.05, 0) is 37.0 Å². The number of hydrogen-bond acceptors (Lipinski definition) is 3. The maximum absolute atomic E-state index is 12.2. The molecule has 2 bridgehead atoms. The molecule has 0 aromatic heterocycles. The summed E-state index contributed by atoms with van der Waals surface area (Å²) in [5, 5.41) is 12.9. The second-order valence-electron chi connectivity index (χ2n) is 5.20. The van der Waals surface area contributed by atoms with Crippen molar-refractivity contribution in [1.29, 1.82) is 0 Å². The molecule has 0 aliphatic carbocycles. The molecule has 0 amide bonds. The van der Waals surface area contributed by atoms with E-state index >= 15 is 0 Å². The van der Waals surface area contributed by atoms with E-state index in [2.05, 4.69) is 5.32 Å². The van der Waals surface area contributed by atoms with E-state index in [1.54, 1.807) is 18.2 Å². The minimum absolute atomic E-state index is 0.191. The molecule has 2 aliphatic rings. The summed E-state index contributed by atoms with van der Waals surface area (Å²) in [6.07, 6.45) is 3.81. The molecule has 3 unspecified atom stereocenters. The fourth-order valence-electron chi connectivity index (χ4n) is 3.18. The highest BCUT2D eigenvalue weighted by atomic mass is 16.3. The number of carbonyl (C=O) groups is 1. The van der Waals surface area contributed by atoms with Gasteiger partial charge in [0.2, 0.25) is 0 Å². The van der Waals surface area contributed by atoms with Gasteiger partial charge in [-0.1, -0.05) is 12.1 Å². The smallest absolute Gasteiger partial charge is 0.141 e. The van der Waals surface area contributed by atoms with Crippen molar-refractivity contribution in [2.75, 3.05) is 0 Å². The molecule has 17 heavy (non-hydrogen) atoms. The van der Waals surface area contributed by atoms with Crippen molar-refractivity contribution in [2.45, 2.75) is 37.8 Å². The number of fused-ring (bicyclic) bond motifs is 2. The summed E-state index contributed by atoms with van der Waals surface area (Å²) in [6, 6.07) is 7.98. The van der Waals surface area contributed by atoms with Gasteiger partial charge in [0.1, 0.15) is 11.5 Å². The Balaban J connectivity index is 1.68. The highest BCUT2D eigenvalue weighted by Crippen LogP contribution is 2.34. The van der Waals surface area contributed by atoms with Gasteiger partial charge in [-0.15, -0.1) is 0 Å².